The first kappa shape index (κ1) is 14.2. The zero-order valence-electron chi connectivity index (χ0n) is 11.9. The van der Waals surface area contributed by atoms with Gasteiger partial charge in [0.15, 0.2) is 11.6 Å². The summed E-state index contributed by atoms with van der Waals surface area (Å²) in [4.78, 5) is 0. The maximum atomic E-state index is 13.7. The van der Waals surface area contributed by atoms with Gasteiger partial charge in [0.05, 0.1) is 6.61 Å². The SMILES string of the molecule is CCOc1ccc(NCC2CCCC(C)C2)cc1F. The fourth-order valence-electron chi connectivity index (χ4n) is 2.89. The first-order valence-corrected chi connectivity index (χ1v) is 7.35. The minimum absolute atomic E-state index is 0.288. The van der Waals surface area contributed by atoms with Crippen molar-refractivity contribution in [1.82, 2.24) is 0 Å². The lowest BCUT2D eigenvalue weighted by molar-refractivity contribution is 0.293. The number of anilines is 1. The molecule has 2 atom stereocenters. The third-order valence-electron chi connectivity index (χ3n) is 3.87. The third kappa shape index (κ3) is 4.12. The largest absolute Gasteiger partial charge is 0.491 e. The lowest BCUT2D eigenvalue weighted by atomic mass is 9.82. The lowest BCUT2D eigenvalue weighted by Crippen LogP contribution is -2.21. The van der Waals surface area contributed by atoms with Gasteiger partial charge in [0, 0.05) is 18.3 Å². The van der Waals surface area contributed by atoms with E-state index >= 15 is 0 Å². The fraction of sp³-hybridized carbons (Fsp3) is 0.625. The summed E-state index contributed by atoms with van der Waals surface area (Å²) in [5, 5.41) is 3.35. The highest BCUT2D eigenvalue weighted by Crippen LogP contribution is 2.29. The van der Waals surface area contributed by atoms with Crippen LogP contribution in [0.15, 0.2) is 18.2 Å². The first-order chi connectivity index (χ1) is 9.19. The van der Waals surface area contributed by atoms with E-state index in [9.17, 15) is 4.39 Å². The van der Waals surface area contributed by atoms with Crippen LogP contribution in [0.3, 0.4) is 0 Å². The van der Waals surface area contributed by atoms with Crippen molar-refractivity contribution in [2.75, 3.05) is 18.5 Å². The average Bonchev–Trinajstić information content (AvgIpc) is 2.39. The van der Waals surface area contributed by atoms with Gasteiger partial charge in [-0.1, -0.05) is 19.8 Å². The molecule has 1 saturated carbocycles. The second-order valence-electron chi connectivity index (χ2n) is 5.60. The molecule has 2 nitrogen and oxygen atoms in total. The molecule has 0 aliphatic heterocycles. The molecule has 0 aromatic heterocycles. The normalized spacial score (nSPS) is 23.1. The highest BCUT2D eigenvalue weighted by molar-refractivity contribution is 5.47. The fourth-order valence-corrected chi connectivity index (χ4v) is 2.89. The second-order valence-corrected chi connectivity index (χ2v) is 5.60. The van der Waals surface area contributed by atoms with E-state index < -0.39 is 0 Å². The molecule has 1 aromatic rings. The van der Waals surface area contributed by atoms with E-state index in [1.54, 1.807) is 6.07 Å². The smallest absolute Gasteiger partial charge is 0.167 e. The molecule has 0 heterocycles. The van der Waals surface area contributed by atoms with Gasteiger partial charge in [-0.15, -0.1) is 0 Å². The van der Waals surface area contributed by atoms with Crippen LogP contribution in [0.5, 0.6) is 5.75 Å². The van der Waals surface area contributed by atoms with Gasteiger partial charge in [-0.05, 0) is 43.7 Å². The minimum Gasteiger partial charge on any atom is -0.491 e. The Morgan fingerprint density at radius 2 is 2.21 bits per heavy atom. The van der Waals surface area contributed by atoms with Crippen molar-refractivity contribution in [3.8, 4) is 5.75 Å². The molecule has 106 valence electrons. The molecule has 0 radical (unpaired) electrons. The molecule has 1 aliphatic carbocycles. The van der Waals surface area contributed by atoms with Crippen LogP contribution in [0.4, 0.5) is 10.1 Å². The van der Waals surface area contributed by atoms with Crippen LogP contribution in [0, 0.1) is 17.7 Å². The van der Waals surface area contributed by atoms with Crippen LogP contribution in [-0.4, -0.2) is 13.2 Å². The van der Waals surface area contributed by atoms with Gasteiger partial charge in [-0.25, -0.2) is 4.39 Å². The molecule has 19 heavy (non-hydrogen) atoms. The number of hydrogen-bond donors (Lipinski definition) is 1. The van der Waals surface area contributed by atoms with Crippen LogP contribution in [0.25, 0.3) is 0 Å². The predicted molar refractivity (Wildman–Crippen MR) is 77.2 cm³/mol. The van der Waals surface area contributed by atoms with E-state index in [0.717, 1.165) is 24.1 Å². The number of ether oxygens (including phenoxy) is 1. The van der Waals surface area contributed by atoms with E-state index in [4.69, 9.17) is 4.74 Å². The minimum atomic E-state index is -0.288. The van der Waals surface area contributed by atoms with Crippen molar-refractivity contribution >= 4 is 5.69 Å². The zero-order chi connectivity index (χ0) is 13.7. The van der Waals surface area contributed by atoms with Crippen molar-refractivity contribution in [3.05, 3.63) is 24.0 Å². The Labute approximate surface area is 115 Å². The lowest BCUT2D eigenvalue weighted by Gasteiger charge is -2.27. The molecule has 0 bridgehead atoms. The summed E-state index contributed by atoms with van der Waals surface area (Å²) in [5.74, 6) is 1.60. The van der Waals surface area contributed by atoms with Crippen LogP contribution < -0.4 is 10.1 Å². The molecule has 3 heteroatoms. The number of nitrogens with one attached hydrogen (secondary N) is 1. The van der Waals surface area contributed by atoms with Gasteiger partial charge < -0.3 is 10.1 Å². The molecule has 0 spiro atoms. The Morgan fingerprint density at radius 3 is 2.89 bits per heavy atom. The summed E-state index contributed by atoms with van der Waals surface area (Å²) in [5.41, 5.74) is 0.846. The molecular formula is C16H24FNO. The Balaban J connectivity index is 1.87. The molecule has 2 unspecified atom stereocenters. The van der Waals surface area contributed by atoms with Crippen molar-refractivity contribution in [3.63, 3.8) is 0 Å². The summed E-state index contributed by atoms with van der Waals surface area (Å²) in [7, 11) is 0. The number of benzene rings is 1. The summed E-state index contributed by atoms with van der Waals surface area (Å²) in [6.07, 6.45) is 5.25. The van der Waals surface area contributed by atoms with E-state index in [1.807, 2.05) is 13.0 Å². The van der Waals surface area contributed by atoms with Crippen molar-refractivity contribution in [2.24, 2.45) is 11.8 Å². The van der Waals surface area contributed by atoms with Crippen LogP contribution >= 0.6 is 0 Å². The van der Waals surface area contributed by atoms with Crippen LogP contribution in [0.2, 0.25) is 0 Å². The van der Waals surface area contributed by atoms with E-state index in [-0.39, 0.29) is 5.82 Å². The maximum Gasteiger partial charge on any atom is 0.167 e. The standard InChI is InChI=1S/C16H24FNO/c1-3-19-16-8-7-14(10-15(16)17)18-11-13-6-4-5-12(2)9-13/h7-8,10,12-13,18H,3-6,9,11H2,1-2H3. The Hall–Kier alpha value is -1.25. The van der Waals surface area contributed by atoms with E-state index in [1.165, 1.54) is 31.7 Å². The van der Waals surface area contributed by atoms with Gasteiger partial charge in [0.1, 0.15) is 0 Å². The molecule has 1 fully saturated rings. The van der Waals surface area contributed by atoms with Crippen LogP contribution in [0.1, 0.15) is 39.5 Å². The monoisotopic (exact) mass is 265 g/mol. The summed E-state index contributed by atoms with van der Waals surface area (Å²) in [6, 6.07) is 5.11. The molecule has 1 aliphatic rings. The van der Waals surface area contributed by atoms with Gasteiger partial charge in [0.25, 0.3) is 0 Å². The van der Waals surface area contributed by atoms with E-state index in [2.05, 4.69) is 12.2 Å². The molecule has 2 rings (SSSR count). The average molecular weight is 265 g/mol. The quantitative estimate of drug-likeness (QED) is 0.848. The first-order valence-electron chi connectivity index (χ1n) is 7.35. The zero-order valence-corrected chi connectivity index (χ0v) is 11.9. The molecule has 0 saturated heterocycles. The van der Waals surface area contributed by atoms with Gasteiger partial charge in [0.2, 0.25) is 0 Å². The Bertz CT molecular complexity index is 408. The highest BCUT2D eigenvalue weighted by atomic mass is 19.1. The second kappa shape index (κ2) is 6.78. The highest BCUT2D eigenvalue weighted by Gasteiger charge is 2.18. The Morgan fingerprint density at radius 1 is 1.37 bits per heavy atom. The number of halogens is 1. The Kier molecular flexibility index (Phi) is 5.06. The van der Waals surface area contributed by atoms with Crippen molar-refractivity contribution in [2.45, 2.75) is 39.5 Å². The number of hydrogen-bond acceptors (Lipinski definition) is 2. The van der Waals surface area contributed by atoms with Crippen molar-refractivity contribution < 1.29 is 9.13 Å². The van der Waals surface area contributed by atoms with Gasteiger partial charge >= 0.3 is 0 Å². The topological polar surface area (TPSA) is 21.3 Å². The molecule has 1 N–H and O–H groups in total. The maximum absolute atomic E-state index is 13.7. The van der Waals surface area contributed by atoms with Crippen molar-refractivity contribution in [1.29, 1.82) is 0 Å². The third-order valence-corrected chi connectivity index (χ3v) is 3.87. The molecular weight excluding hydrogens is 241 g/mol. The summed E-state index contributed by atoms with van der Waals surface area (Å²) < 4.78 is 18.9. The van der Waals surface area contributed by atoms with E-state index in [0.29, 0.717) is 12.4 Å². The number of rotatable bonds is 5. The summed E-state index contributed by atoms with van der Waals surface area (Å²) in [6.45, 7) is 5.61. The van der Waals surface area contributed by atoms with Gasteiger partial charge in [-0.3, -0.25) is 0 Å². The van der Waals surface area contributed by atoms with Crippen LogP contribution in [-0.2, 0) is 0 Å². The van der Waals surface area contributed by atoms with Gasteiger partial charge in [-0.2, -0.15) is 0 Å². The summed E-state index contributed by atoms with van der Waals surface area (Å²) >= 11 is 0. The molecule has 1 aromatic carbocycles. The molecule has 0 amide bonds. The predicted octanol–water partition coefficient (Wildman–Crippen LogP) is 4.46.